The lowest BCUT2D eigenvalue weighted by Crippen LogP contribution is -2.59. The number of thiol groups is 1. The van der Waals surface area contributed by atoms with Crippen LogP contribution in [0.5, 0.6) is 0 Å². The summed E-state index contributed by atoms with van der Waals surface area (Å²) in [6.45, 7) is 3.40. The van der Waals surface area contributed by atoms with Crippen LogP contribution < -0.4 is 27.4 Å². The van der Waals surface area contributed by atoms with Crippen LogP contribution >= 0.6 is 12.6 Å². The number of aliphatic carboxylic acids is 1. The molecule has 0 saturated heterocycles. The number of aliphatic hydroxyl groups is 1. The summed E-state index contributed by atoms with van der Waals surface area (Å²) in [6.07, 6.45) is 1.90. The minimum absolute atomic E-state index is 0.0793. The van der Waals surface area contributed by atoms with E-state index in [1.807, 2.05) is 6.92 Å². The first-order valence-corrected chi connectivity index (χ1v) is 10.6. The largest absolute Gasteiger partial charge is 0.480 e. The number of carboxylic acid groups (broad SMARTS) is 1. The van der Waals surface area contributed by atoms with Gasteiger partial charge >= 0.3 is 5.97 Å². The number of rotatable bonds is 15. The summed E-state index contributed by atoms with van der Waals surface area (Å²) in [4.78, 5) is 48.6. The Morgan fingerprint density at radius 2 is 1.60 bits per heavy atom. The van der Waals surface area contributed by atoms with Crippen molar-refractivity contribution in [3.8, 4) is 0 Å². The van der Waals surface area contributed by atoms with Crippen LogP contribution in [0.25, 0.3) is 0 Å². The van der Waals surface area contributed by atoms with Crippen molar-refractivity contribution in [3.05, 3.63) is 0 Å². The Kier molecular flexibility index (Phi) is 14.0. The highest BCUT2D eigenvalue weighted by Crippen LogP contribution is 2.09. The highest BCUT2D eigenvalue weighted by Gasteiger charge is 2.31. The number of nitrogens with one attached hydrogen (secondary N) is 3. The molecule has 0 radical (unpaired) electrons. The molecule has 0 rings (SSSR count). The molecule has 0 bridgehead atoms. The number of aliphatic hydroxyl groups excluding tert-OH is 1. The van der Waals surface area contributed by atoms with Gasteiger partial charge in [-0.25, -0.2) is 4.79 Å². The lowest BCUT2D eigenvalue weighted by atomic mass is 9.97. The Labute approximate surface area is 182 Å². The average molecular weight is 450 g/mol. The first-order valence-electron chi connectivity index (χ1n) is 9.94. The number of nitrogens with two attached hydrogens (primary N) is 2. The van der Waals surface area contributed by atoms with E-state index in [-0.39, 0.29) is 18.1 Å². The third-order valence-corrected chi connectivity index (χ3v) is 5.07. The molecule has 0 aliphatic carbocycles. The highest BCUT2D eigenvalue weighted by atomic mass is 32.1. The second-order valence-electron chi connectivity index (χ2n) is 7.09. The number of hydrogen-bond donors (Lipinski definition) is 8. The maximum Gasteiger partial charge on any atom is 0.326 e. The number of carboxylic acids is 1. The molecule has 11 nitrogen and oxygen atoms in total. The van der Waals surface area contributed by atoms with Crippen molar-refractivity contribution in [1.82, 2.24) is 16.0 Å². The molecule has 0 aliphatic heterocycles. The molecule has 0 aliphatic rings. The molecule has 0 aromatic heterocycles. The molecule has 0 spiro atoms. The smallest absolute Gasteiger partial charge is 0.326 e. The van der Waals surface area contributed by atoms with E-state index in [1.165, 1.54) is 0 Å². The maximum atomic E-state index is 12.7. The summed E-state index contributed by atoms with van der Waals surface area (Å²) in [7, 11) is 0. The van der Waals surface area contributed by atoms with Crippen molar-refractivity contribution in [2.75, 3.05) is 18.9 Å². The van der Waals surface area contributed by atoms with E-state index < -0.39 is 54.5 Å². The molecule has 5 atom stereocenters. The molecular weight excluding hydrogens is 414 g/mol. The zero-order valence-electron chi connectivity index (χ0n) is 17.5. The van der Waals surface area contributed by atoms with Gasteiger partial charge in [0.15, 0.2) is 0 Å². The van der Waals surface area contributed by atoms with Crippen LogP contribution in [0.3, 0.4) is 0 Å². The van der Waals surface area contributed by atoms with Crippen molar-refractivity contribution < 1.29 is 29.4 Å². The minimum Gasteiger partial charge on any atom is -0.480 e. The van der Waals surface area contributed by atoms with Crippen LogP contribution in [-0.4, -0.2) is 77.0 Å². The zero-order chi connectivity index (χ0) is 23.3. The van der Waals surface area contributed by atoms with Gasteiger partial charge in [-0.1, -0.05) is 20.3 Å². The number of amides is 3. The van der Waals surface area contributed by atoms with Gasteiger partial charge in [-0.2, -0.15) is 12.6 Å². The quantitative estimate of drug-likeness (QED) is 0.103. The number of carbonyl (C=O) groups is 4. The van der Waals surface area contributed by atoms with Crippen LogP contribution in [0, 0.1) is 5.92 Å². The van der Waals surface area contributed by atoms with E-state index in [0.29, 0.717) is 25.8 Å². The Morgan fingerprint density at radius 3 is 2.07 bits per heavy atom. The average Bonchev–Trinajstić information content (AvgIpc) is 2.73. The first kappa shape index (κ1) is 28.1. The van der Waals surface area contributed by atoms with Gasteiger partial charge < -0.3 is 37.6 Å². The third kappa shape index (κ3) is 9.74. The van der Waals surface area contributed by atoms with Crippen LogP contribution in [0.4, 0.5) is 0 Å². The summed E-state index contributed by atoms with van der Waals surface area (Å²) in [6, 6.07) is -4.39. The van der Waals surface area contributed by atoms with Crippen molar-refractivity contribution in [2.45, 2.75) is 63.7 Å². The van der Waals surface area contributed by atoms with E-state index in [4.69, 9.17) is 16.6 Å². The van der Waals surface area contributed by atoms with Gasteiger partial charge in [-0.05, 0) is 31.7 Å². The standard InChI is InChI=1S/C18H35N5O6S/c1-3-10(2)14(23-15(25)11(20)8-24)17(27)22-13(9-30)16(26)21-12(18(28)29)6-4-5-7-19/h10-14,24,30H,3-9,19-20H2,1-2H3,(H,21,26)(H,22,27)(H,23,25)(H,28,29). The Hall–Kier alpha value is -1.89. The van der Waals surface area contributed by atoms with Crippen LogP contribution in [0.1, 0.15) is 39.5 Å². The van der Waals surface area contributed by atoms with Crippen molar-refractivity contribution in [3.63, 3.8) is 0 Å². The van der Waals surface area contributed by atoms with Gasteiger partial charge in [0.2, 0.25) is 17.7 Å². The molecule has 0 saturated carbocycles. The summed E-state index contributed by atoms with van der Waals surface area (Å²) in [5, 5.41) is 25.7. The fraction of sp³-hybridized carbons (Fsp3) is 0.778. The summed E-state index contributed by atoms with van der Waals surface area (Å²) in [5.74, 6) is -3.58. The van der Waals surface area contributed by atoms with Crippen LogP contribution in [0.15, 0.2) is 0 Å². The summed E-state index contributed by atoms with van der Waals surface area (Å²) < 4.78 is 0. The van der Waals surface area contributed by atoms with E-state index in [0.717, 1.165) is 0 Å². The van der Waals surface area contributed by atoms with E-state index in [2.05, 4.69) is 28.6 Å². The second kappa shape index (κ2) is 15.0. The Morgan fingerprint density at radius 1 is 1.00 bits per heavy atom. The predicted molar refractivity (Wildman–Crippen MR) is 115 cm³/mol. The fourth-order valence-corrected chi connectivity index (χ4v) is 2.78. The zero-order valence-corrected chi connectivity index (χ0v) is 18.4. The van der Waals surface area contributed by atoms with Crippen molar-refractivity contribution >= 4 is 36.3 Å². The molecule has 0 fully saturated rings. The summed E-state index contributed by atoms with van der Waals surface area (Å²) in [5.41, 5.74) is 10.9. The molecule has 3 amide bonds. The molecule has 5 unspecified atom stereocenters. The van der Waals surface area contributed by atoms with E-state index in [9.17, 15) is 24.3 Å². The summed E-state index contributed by atoms with van der Waals surface area (Å²) >= 11 is 4.07. The lowest BCUT2D eigenvalue weighted by Gasteiger charge is -2.27. The van der Waals surface area contributed by atoms with Crippen LogP contribution in [-0.2, 0) is 19.2 Å². The minimum atomic E-state index is -1.19. The fourth-order valence-electron chi connectivity index (χ4n) is 2.52. The Balaban J connectivity index is 5.17. The molecule has 12 heteroatoms. The van der Waals surface area contributed by atoms with Crippen molar-refractivity contribution in [1.29, 1.82) is 0 Å². The molecular formula is C18H35N5O6S. The lowest BCUT2D eigenvalue weighted by molar-refractivity contribution is -0.142. The van der Waals surface area contributed by atoms with Gasteiger partial charge in [0, 0.05) is 5.75 Å². The number of hydrogen-bond acceptors (Lipinski definition) is 8. The molecule has 9 N–H and O–H groups in total. The van der Waals surface area contributed by atoms with Gasteiger partial charge in [0.1, 0.15) is 24.2 Å². The van der Waals surface area contributed by atoms with Gasteiger partial charge in [-0.3, -0.25) is 14.4 Å². The third-order valence-electron chi connectivity index (χ3n) is 4.70. The molecule has 0 aromatic rings. The predicted octanol–water partition coefficient (Wildman–Crippen LogP) is -2.05. The van der Waals surface area contributed by atoms with E-state index >= 15 is 0 Å². The molecule has 0 heterocycles. The van der Waals surface area contributed by atoms with Crippen LogP contribution in [0.2, 0.25) is 0 Å². The monoisotopic (exact) mass is 449 g/mol. The topological polar surface area (TPSA) is 197 Å². The number of unbranched alkanes of at least 4 members (excludes halogenated alkanes) is 1. The van der Waals surface area contributed by atoms with Gasteiger partial charge in [0.25, 0.3) is 0 Å². The molecule has 0 aromatic carbocycles. The first-order chi connectivity index (χ1) is 14.1. The SMILES string of the molecule is CCC(C)C(NC(=O)C(N)CO)C(=O)NC(CS)C(=O)NC(CCCCN)C(=O)O. The van der Waals surface area contributed by atoms with Crippen molar-refractivity contribution in [2.24, 2.45) is 17.4 Å². The normalized spacial score (nSPS) is 15.9. The maximum absolute atomic E-state index is 12.7. The Bertz CT molecular complexity index is 579. The molecule has 30 heavy (non-hydrogen) atoms. The van der Waals surface area contributed by atoms with E-state index in [1.54, 1.807) is 6.92 Å². The number of carbonyl (C=O) groups excluding carboxylic acids is 3. The van der Waals surface area contributed by atoms with Gasteiger partial charge in [-0.15, -0.1) is 0 Å². The molecule has 174 valence electrons. The highest BCUT2D eigenvalue weighted by molar-refractivity contribution is 7.80. The van der Waals surface area contributed by atoms with Gasteiger partial charge in [0.05, 0.1) is 6.61 Å². The second-order valence-corrected chi connectivity index (χ2v) is 7.45.